The minimum Gasteiger partial charge on any atom is -1.00 e. The van der Waals surface area contributed by atoms with Crippen LogP contribution < -0.4 is 26.9 Å². The highest BCUT2D eigenvalue weighted by Gasteiger charge is 2.09. The van der Waals surface area contributed by atoms with Crippen molar-refractivity contribution in [3.63, 3.8) is 0 Å². The first-order valence-electron chi connectivity index (χ1n) is 6.25. The van der Waals surface area contributed by atoms with Crippen molar-refractivity contribution in [3.8, 4) is 0 Å². The largest absolute Gasteiger partial charge is 1.00 e. The Balaban J connectivity index is 0.00000200. The number of carbonyl (C=O) groups is 1. The zero-order chi connectivity index (χ0) is 13.7. The zero-order valence-corrected chi connectivity index (χ0v) is 13.9. The third kappa shape index (κ3) is 4.97. The lowest BCUT2D eigenvalue weighted by Gasteiger charge is -1.99. The van der Waals surface area contributed by atoms with Gasteiger partial charge in [-0.3, -0.25) is 4.79 Å². The van der Waals surface area contributed by atoms with Gasteiger partial charge in [0.1, 0.15) is 5.01 Å². The molecule has 0 aliphatic carbocycles. The fraction of sp³-hybridized carbons (Fsp3) is 0.385. The summed E-state index contributed by atoms with van der Waals surface area (Å²) in [6.07, 6.45) is 5.22. The number of hydrogen-bond acceptors (Lipinski definition) is 4. The summed E-state index contributed by atoms with van der Waals surface area (Å²) in [5.74, 6) is -0.0353. The molecule has 2 aromatic rings. The second kappa shape index (κ2) is 8.06. The summed E-state index contributed by atoms with van der Waals surface area (Å²) in [4.78, 5) is 11.8. The SMILES string of the molecule is CCc1nnc(NC(=O)CC[n+]2ccc(C)cc2)s1.[Br-]. The molecule has 0 aliphatic heterocycles. The smallest absolute Gasteiger partial charge is 0.232 e. The first kappa shape index (κ1) is 16.7. The molecule has 0 radical (unpaired) electrons. The Bertz CT molecular complexity index is 556. The molecule has 0 aliphatic rings. The topological polar surface area (TPSA) is 58.8 Å². The number of anilines is 1. The third-order valence-corrected chi connectivity index (χ3v) is 3.65. The van der Waals surface area contributed by atoms with Crippen molar-refractivity contribution >= 4 is 22.4 Å². The molecule has 2 rings (SSSR count). The molecule has 0 fully saturated rings. The lowest BCUT2D eigenvalue weighted by Crippen LogP contribution is -3.00. The van der Waals surface area contributed by atoms with E-state index < -0.39 is 0 Å². The average molecular weight is 357 g/mol. The van der Waals surface area contributed by atoms with E-state index in [1.54, 1.807) is 0 Å². The summed E-state index contributed by atoms with van der Waals surface area (Å²) in [6, 6.07) is 4.05. The molecule has 0 atom stereocenters. The summed E-state index contributed by atoms with van der Waals surface area (Å²) in [5, 5.41) is 12.2. The van der Waals surface area contributed by atoms with Gasteiger partial charge in [0.25, 0.3) is 0 Å². The van der Waals surface area contributed by atoms with E-state index in [2.05, 4.69) is 15.5 Å². The van der Waals surface area contributed by atoms with E-state index in [-0.39, 0.29) is 22.9 Å². The number of nitrogens with one attached hydrogen (secondary N) is 1. The molecular formula is C13H17BrN4OS. The van der Waals surface area contributed by atoms with E-state index in [0.717, 1.165) is 11.4 Å². The predicted octanol–water partition coefficient (Wildman–Crippen LogP) is -1.27. The first-order chi connectivity index (χ1) is 9.17. The van der Waals surface area contributed by atoms with E-state index >= 15 is 0 Å². The molecule has 0 unspecified atom stereocenters. The van der Waals surface area contributed by atoms with Crippen LogP contribution >= 0.6 is 11.3 Å². The minimum atomic E-state index is -0.0353. The van der Waals surface area contributed by atoms with Crippen LogP contribution in [0.1, 0.15) is 23.9 Å². The second-order valence-corrected chi connectivity index (χ2v) is 5.33. The van der Waals surface area contributed by atoms with Crippen molar-refractivity contribution in [3.05, 3.63) is 35.1 Å². The Hall–Kier alpha value is -1.34. The molecular weight excluding hydrogens is 340 g/mol. The summed E-state index contributed by atoms with van der Waals surface area (Å²) in [7, 11) is 0. The molecule has 7 heteroatoms. The van der Waals surface area contributed by atoms with Gasteiger partial charge in [-0.25, -0.2) is 4.57 Å². The Morgan fingerprint density at radius 3 is 2.65 bits per heavy atom. The van der Waals surface area contributed by atoms with Crippen LogP contribution in [0.4, 0.5) is 5.13 Å². The lowest BCUT2D eigenvalue weighted by atomic mass is 10.3. The number of hydrogen-bond donors (Lipinski definition) is 1. The molecule has 1 N–H and O–H groups in total. The van der Waals surface area contributed by atoms with Crippen LogP contribution in [0.5, 0.6) is 0 Å². The highest BCUT2D eigenvalue weighted by atomic mass is 79.9. The van der Waals surface area contributed by atoms with Crippen LogP contribution in [0, 0.1) is 6.92 Å². The van der Waals surface area contributed by atoms with Crippen molar-refractivity contribution in [1.29, 1.82) is 0 Å². The van der Waals surface area contributed by atoms with Crippen molar-refractivity contribution in [2.45, 2.75) is 33.2 Å². The standard InChI is InChI=1S/C13H16N4OS.BrH/c1-3-12-15-16-13(19-12)14-11(18)6-9-17-7-4-10(2)5-8-17;/h4-5,7-8H,3,6,9H2,1-2H3;1H. The van der Waals surface area contributed by atoms with E-state index in [1.165, 1.54) is 16.9 Å². The zero-order valence-electron chi connectivity index (χ0n) is 11.5. The van der Waals surface area contributed by atoms with E-state index in [4.69, 9.17) is 0 Å². The van der Waals surface area contributed by atoms with Gasteiger partial charge in [0, 0.05) is 12.1 Å². The van der Waals surface area contributed by atoms with Crippen molar-refractivity contribution < 1.29 is 26.3 Å². The van der Waals surface area contributed by atoms with Gasteiger partial charge < -0.3 is 22.3 Å². The van der Waals surface area contributed by atoms with Crippen LogP contribution in [-0.2, 0) is 17.8 Å². The molecule has 0 aromatic carbocycles. The summed E-state index contributed by atoms with van der Waals surface area (Å²) >= 11 is 1.42. The van der Waals surface area contributed by atoms with Gasteiger partial charge in [-0.15, -0.1) is 10.2 Å². The molecule has 5 nitrogen and oxygen atoms in total. The second-order valence-electron chi connectivity index (χ2n) is 4.27. The molecule has 1 amide bonds. The Morgan fingerprint density at radius 2 is 2.05 bits per heavy atom. The van der Waals surface area contributed by atoms with Crippen LogP contribution in [0.2, 0.25) is 0 Å². The van der Waals surface area contributed by atoms with Crippen LogP contribution in [0.15, 0.2) is 24.5 Å². The fourth-order valence-electron chi connectivity index (χ4n) is 1.54. The average Bonchev–Trinajstić information content (AvgIpc) is 2.86. The molecule has 0 spiro atoms. The molecule has 2 aromatic heterocycles. The van der Waals surface area contributed by atoms with Gasteiger partial charge in [0.15, 0.2) is 18.9 Å². The fourth-order valence-corrected chi connectivity index (χ4v) is 2.24. The maximum Gasteiger partial charge on any atom is 0.232 e. The van der Waals surface area contributed by atoms with Crippen molar-refractivity contribution in [1.82, 2.24) is 10.2 Å². The molecule has 0 saturated carbocycles. The molecule has 0 saturated heterocycles. The maximum absolute atomic E-state index is 11.8. The van der Waals surface area contributed by atoms with Gasteiger partial charge in [0.2, 0.25) is 11.0 Å². The van der Waals surface area contributed by atoms with Crippen molar-refractivity contribution in [2.24, 2.45) is 0 Å². The van der Waals surface area contributed by atoms with Gasteiger partial charge in [-0.2, -0.15) is 0 Å². The lowest BCUT2D eigenvalue weighted by molar-refractivity contribution is -0.695. The number of nitrogens with zero attached hydrogens (tertiary/aromatic N) is 3. The van der Waals surface area contributed by atoms with Gasteiger partial charge in [-0.1, -0.05) is 18.3 Å². The monoisotopic (exact) mass is 356 g/mol. The van der Waals surface area contributed by atoms with Gasteiger partial charge in [-0.05, 0) is 18.9 Å². The summed E-state index contributed by atoms with van der Waals surface area (Å²) in [6.45, 7) is 4.71. The Labute approximate surface area is 132 Å². The Kier molecular flexibility index (Phi) is 6.74. The van der Waals surface area contributed by atoms with Gasteiger partial charge >= 0.3 is 0 Å². The quantitative estimate of drug-likeness (QED) is 0.679. The number of amides is 1. The maximum atomic E-state index is 11.8. The Morgan fingerprint density at radius 1 is 1.35 bits per heavy atom. The molecule has 2 heterocycles. The van der Waals surface area contributed by atoms with Gasteiger partial charge in [0.05, 0.1) is 6.42 Å². The highest BCUT2D eigenvalue weighted by Crippen LogP contribution is 2.15. The summed E-state index contributed by atoms with van der Waals surface area (Å²) < 4.78 is 1.99. The van der Waals surface area contributed by atoms with Crippen molar-refractivity contribution in [2.75, 3.05) is 5.32 Å². The number of rotatable bonds is 5. The van der Waals surface area contributed by atoms with E-state index in [9.17, 15) is 4.79 Å². The number of halogens is 1. The molecule has 20 heavy (non-hydrogen) atoms. The highest BCUT2D eigenvalue weighted by molar-refractivity contribution is 7.15. The molecule has 108 valence electrons. The molecule has 0 bridgehead atoms. The number of aromatic nitrogens is 3. The van der Waals surface area contributed by atoms with E-state index in [1.807, 2.05) is 42.9 Å². The summed E-state index contributed by atoms with van der Waals surface area (Å²) in [5.41, 5.74) is 1.21. The normalized spacial score (nSPS) is 9.90. The number of carbonyl (C=O) groups excluding carboxylic acids is 1. The predicted molar refractivity (Wildman–Crippen MR) is 73.9 cm³/mol. The van der Waals surface area contributed by atoms with Crippen LogP contribution in [0.3, 0.4) is 0 Å². The first-order valence-corrected chi connectivity index (χ1v) is 7.07. The third-order valence-electron chi connectivity index (χ3n) is 2.67. The van der Waals surface area contributed by atoms with Crippen LogP contribution in [-0.4, -0.2) is 16.1 Å². The van der Waals surface area contributed by atoms with Crippen LogP contribution in [0.25, 0.3) is 0 Å². The van der Waals surface area contributed by atoms with E-state index in [0.29, 0.717) is 18.1 Å². The number of aryl methyl sites for hydroxylation is 3. The minimum absolute atomic E-state index is 0. The number of pyridine rings is 1.